The van der Waals surface area contributed by atoms with E-state index in [2.05, 4.69) is 37.7 Å². The van der Waals surface area contributed by atoms with Crippen molar-refractivity contribution < 1.29 is 9.59 Å². The Kier molecular flexibility index (Phi) is 4.12. The van der Waals surface area contributed by atoms with Gasteiger partial charge in [-0.15, -0.1) is 5.10 Å². The monoisotopic (exact) mass is 388 g/mol. The van der Waals surface area contributed by atoms with Crippen LogP contribution in [0.5, 0.6) is 0 Å². The maximum atomic E-state index is 12.8. The zero-order valence-corrected chi connectivity index (χ0v) is 15.8. The third kappa shape index (κ3) is 3.16. The molecule has 1 saturated carbocycles. The Morgan fingerprint density at radius 3 is 2.83 bits per heavy atom. The second-order valence-electron chi connectivity index (χ2n) is 7.61. The minimum Gasteiger partial charge on any atom is -0.337 e. The van der Waals surface area contributed by atoms with Gasteiger partial charge in [0.15, 0.2) is 0 Å². The van der Waals surface area contributed by atoms with E-state index in [1.54, 1.807) is 6.20 Å². The van der Waals surface area contributed by atoms with Gasteiger partial charge in [0.25, 0.3) is 5.91 Å². The minimum absolute atomic E-state index is 0.0344. The van der Waals surface area contributed by atoms with Crippen molar-refractivity contribution in [2.45, 2.75) is 25.3 Å². The van der Waals surface area contributed by atoms with E-state index >= 15 is 0 Å². The number of H-pyrrole nitrogens is 1. The lowest BCUT2D eigenvalue weighted by molar-refractivity contribution is -0.118. The summed E-state index contributed by atoms with van der Waals surface area (Å²) in [6.07, 6.45) is 2.20. The number of aromatic nitrogens is 4. The molecule has 3 heterocycles. The van der Waals surface area contributed by atoms with Crippen molar-refractivity contribution in [1.29, 1.82) is 0 Å². The Balaban J connectivity index is 1.32. The molecule has 5 rings (SSSR count). The third-order valence-corrected chi connectivity index (χ3v) is 5.79. The molecule has 29 heavy (non-hydrogen) atoms. The van der Waals surface area contributed by atoms with Gasteiger partial charge in [0.2, 0.25) is 11.7 Å². The normalized spacial score (nSPS) is 24.7. The molecule has 0 spiro atoms. The molecule has 4 atom stereocenters. The molecule has 146 valence electrons. The Morgan fingerprint density at radius 1 is 1.17 bits per heavy atom. The molecular weight excluding hydrogens is 368 g/mol. The second-order valence-corrected chi connectivity index (χ2v) is 7.61. The lowest BCUT2D eigenvalue weighted by Gasteiger charge is -2.16. The summed E-state index contributed by atoms with van der Waals surface area (Å²) in [7, 11) is 0. The van der Waals surface area contributed by atoms with Crippen molar-refractivity contribution in [3.63, 3.8) is 0 Å². The van der Waals surface area contributed by atoms with Crippen LogP contribution in [0.3, 0.4) is 0 Å². The summed E-state index contributed by atoms with van der Waals surface area (Å²) >= 11 is 0. The van der Waals surface area contributed by atoms with Gasteiger partial charge in [-0.05, 0) is 34.9 Å². The van der Waals surface area contributed by atoms with Crippen LogP contribution in [-0.4, -0.2) is 38.0 Å². The summed E-state index contributed by atoms with van der Waals surface area (Å²) in [5.41, 5.74) is 2.09. The first-order valence-corrected chi connectivity index (χ1v) is 9.63. The number of carbonyl (C=O) groups excluding carboxylic acids is 2. The van der Waals surface area contributed by atoms with Gasteiger partial charge < -0.3 is 10.6 Å². The number of rotatable bonds is 4. The van der Waals surface area contributed by atoms with E-state index in [9.17, 15) is 9.59 Å². The second kappa shape index (κ2) is 6.80. The number of carbonyl (C=O) groups is 2. The number of nitrogens with zero attached hydrogens (tertiary/aromatic N) is 3. The first kappa shape index (κ1) is 17.5. The van der Waals surface area contributed by atoms with Crippen LogP contribution in [0.25, 0.3) is 0 Å². The molecule has 8 heteroatoms. The molecule has 3 N–H and O–H groups in total. The number of aromatic amines is 1. The SMILES string of the molecule is C[C@H]1C2c3cccnc3NC(=O)[C@@H](NC(=O)c3n[nH]c(Cc4ccccc4)n3)C21. The van der Waals surface area contributed by atoms with Gasteiger partial charge in [-0.25, -0.2) is 9.97 Å². The van der Waals surface area contributed by atoms with Crippen molar-refractivity contribution in [3.8, 4) is 0 Å². The van der Waals surface area contributed by atoms with Gasteiger partial charge in [0, 0.05) is 12.6 Å². The van der Waals surface area contributed by atoms with Crippen molar-refractivity contribution in [2.24, 2.45) is 11.8 Å². The first-order chi connectivity index (χ1) is 14.1. The van der Waals surface area contributed by atoms with Gasteiger partial charge >= 0.3 is 0 Å². The van der Waals surface area contributed by atoms with Gasteiger partial charge in [-0.3, -0.25) is 14.7 Å². The van der Waals surface area contributed by atoms with E-state index in [0.717, 1.165) is 11.1 Å². The molecule has 1 aliphatic heterocycles. The van der Waals surface area contributed by atoms with E-state index in [1.807, 2.05) is 42.5 Å². The van der Waals surface area contributed by atoms with Gasteiger partial charge in [-0.1, -0.05) is 43.3 Å². The number of amides is 2. The molecule has 0 saturated heterocycles. The number of benzene rings is 1. The molecule has 2 amide bonds. The number of anilines is 1. The van der Waals surface area contributed by atoms with Crippen molar-refractivity contribution >= 4 is 17.6 Å². The number of hydrogen-bond acceptors (Lipinski definition) is 5. The average molecular weight is 388 g/mol. The van der Waals surface area contributed by atoms with Crippen LogP contribution in [-0.2, 0) is 11.2 Å². The fourth-order valence-corrected chi connectivity index (χ4v) is 4.29. The van der Waals surface area contributed by atoms with Crippen LogP contribution in [0.2, 0.25) is 0 Å². The minimum atomic E-state index is -0.646. The molecule has 0 bridgehead atoms. The van der Waals surface area contributed by atoms with Gasteiger partial charge in [0.05, 0.1) is 0 Å². The number of hydrogen-bond donors (Lipinski definition) is 3. The molecule has 2 aliphatic rings. The maximum Gasteiger partial charge on any atom is 0.291 e. The molecule has 1 aliphatic carbocycles. The number of fused-ring (bicyclic) bond motifs is 3. The van der Waals surface area contributed by atoms with E-state index < -0.39 is 11.9 Å². The first-order valence-electron chi connectivity index (χ1n) is 9.63. The van der Waals surface area contributed by atoms with E-state index in [-0.39, 0.29) is 29.5 Å². The molecular formula is C21H20N6O2. The average Bonchev–Trinajstić information content (AvgIpc) is 3.18. The molecule has 0 radical (unpaired) electrons. The van der Waals surface area contributed by atoms with Gasteiger partial charge in [-0.2, -0.15) is 0 Å². The molecule has 3 aromatic rings. The summed E-state index contributed by atoms with van der Waals surface area (Å²) in [6.45, 7) is 2.09. The maximum absolute atomic E-state index is 12.8. The zero-order chi connectivity index (χ0) is 20.0. The molecule has 2 aromatic heterocycles. The molecule has 8 nitrogen and oxygen atoms in total. The predicted molar refractivity (Wildman–Crippen MR) is 105 cm³/mol. The summed E-state index contributed by atoms with van der Waals surface area (Å²) in [6, 6.07) is 13.0. The van der Waals surface area contributed by atoms with Crippen LogP contribution in [0.1, 0.15) is 40.4 Å². The Morgan fingerprint density at radius 2 is 2.00 bits per heavy atom. The third-order valence-electron chi connectivity index (χ3n) is 5.79. The summed E-state index contributed by atoms with van der Waals surface area (Å²) in [4.78, 5) is 34.1. The van der Waals surface area contributed by atoms with Crippen LogP contribution < -0.4 is 10.6 Å². The highest BCUT2D eigenvalue weighted by atomic mass is 16.2. The standard InChI is InChI=1S/C21H20N6O2/c1-11-15-13-8-5-9-22-18(13)25-20(28)17(16(11)15)24-21(29)19-23-14(26-27-19)10-12-6-3-2-4-7-12/h2-9,11,15-17H,10H2,1H3,(H,24,29)(H,22,25,28)(H,23,26,27)/t11-,15?,16?,17-/m0/s1. The number of pyridine rings is 1. The summed E-state index contributed by atoms with van der Waals surface area (Å²) < 4.78 is 0. The quantitative estimate of drug-likeness (QED) is 0.632. The lowest BCUT2D eigenvalue weighted by atomic mass is 10.1. The highest BCUT2D eigenvalue weighted by molar-refractivity contribution is 6.01. The molecule has 2 unspecified atom stereocenters. The highest BCUT2D eigenvalue weighted by Crippen LogP contribution is 2.58. The van der Waals surface area contributed by atoms with Crippen molar-refractivity contribution in [1.82, 2.24) is 25.5 Å². The smallest absolute Gasteiger partial charge is 0.291 e. The predicted octanol–water partition coefficient (Wildman–Crippen LogP) is 1.89. The Labute approximate surface area is 167 Å². The van der Waals surface area contributed by atoms with E-state index in [0.29, 0.717) is 18.1 Å². The zero-order valence-electron chi connectivity index (χ0n) is 15.8. The topological polar surface area (TPSA) is 113 Å². The van der Waals surface area contributed by atoms with Crippen LogP contribution in [0.4, 0.5) is 5.82 Å². The molecule has 1 fully saturated rings. The largest absolute Gasteiger partial charge is 0.337 e. The fourth-order valence-electron chi connectivity index (χ4n) is 4.29. The number of nitrogens with one attached hydrogen (secondary N) is 3. The Hall–Kier alpha value is -3.55. The van der Waals surface area contributed by atoms with E-state index in [1.165, 1.54) is 0 Å². The summed E-state index contributed by atoms with van der Waals surface area (Å²) in [5, 5.41) is 12.5. The molecule has 1 aromatic carbocycles. The Bertz CT molecular complexity index is 1080. The van der Waals surface area contributed by atoms with Crippen LogP contribution in [0.15, 0.2) is 48.7 Å². The van der Waals surface area contributed by atoms with Gasteiger partial charge in [0.1, 0.15) is 17.7 Å². The van der Waals surface area contributed by atoms with Crippen molar-refractivity contribution in [2.75, 3.05) is 5.32 Å². The fraction of sp³-hybridized carbons (Fsp3) is 0.286. The van der Waals surface area contributed by atoms with Crippen LogP contribution in [0, 0.1) is 11.8 Å². The van der Waals surface area contributed by atoms with Crippen LogP contribution >= 0.6 is 0 Å². The summed E-state index contributed by atoms with van der Waals surface area (Å²) in [5.74, 6) is 1.02. The highest BCUT2D eigenvalue weighted by Gasteiger charge is 2.57. The van der Waals surface area contributed by atoms with E-state index in [4.69, 9.17) is 0 Å². The lowest BCUT2D eigenvalue weighted by Crippen LogP contribution is -2.45. The van der Waals surface area contributed by atoms with Crippen molar-refractivity contribution in [3.05, 3.63) is 71.4 Å².